The van der Waals surface area contributed by atoms with E-state index in [1.807, 2.05) is 0 Å². The number of rotatable bonds is 4. The minimum atomic E-state index is -0.979. The first-order chi connectivity index (χ1) is 8.99. The monoisotopic (exact) mass is 262 g/mol. The molecule has 0 radical (unpaired) electrons. The minimum absolute atomic E-state index is 0.0414. The van der Waals surface area contributed by atoms with Crippen molar-refractivity contribution >= 4 is 28.7 Å². The number of nitrogens with zero attached hydrogens (tertiary/aromatic N) is 2. The molecular weight excluding hydrogens is 248 g/mol. The number of aliphatic carboxylic acids is 1. The largest absolute Gasteiger partial charge is 0.481 e. The van der Waals surface area contributed by atoms with Gasteiger partial charge in [-0.3, -0.25) is 9.59 Å². The highest BCUT2D eigenvalue weighted by atomic mass is 16.4. The molecule has 6 heteroatoms. The van der Waals surface area contributed by atoms with Crippen LogP contribution in [0.1, 0.15) is 13.3 Å². The van der Waals surface area contributed by atoms with Crippen molar-refractivity contribution in [1.82, 2.24) is 4.98 Å². The van der Waals surface area contributed by atoms with Crippen LogP contribution < -0.4 is 4.90 Å². The van der Waals surface area contributed by atoms with E-state index >= 15 is 0 Å². The molecular formula is C13H14N2O4. The molecule has 0 fully saturated rings. The number of hydrogen-bond donors (Lipinski definition) is 1. The van der Waals surface area contributed by atoms with Crippen LogP contribution in [0.3, 0.4) is 0 Å². The van der Waals surface area contributed by atoms with Crippen molar-refractivity contribution in [2.24, 2.45) is 5.92 Å². The molecule has 1 atom stereocenters. The molecule has 19 heavy (non-hydrogen) atoms. The van der Waals surface area contributed by atoms with Crippen molar-refractivity contribution in [3.05, 3.63) is 24.6 Å². The number of carbonyl (C=O) groups is 2. The zero-order valence-corrected chi connectivity index (χ0v) is 10.7. The van der Waals surface area contributed by atoms with E-state index in [1.165, 1.54) is 18.2 Å². The fourth-order valence-corrected chi connectivity index (χ4v) is 1.68. The van der Waals surface area contributed by atoms with E-state index in [1.54, 1.807) is 25.2 Å². The molecule has 1 N–H and O–H groups in total. The first-order valence-corrected chi connectivity index (χ1v) is 5.81. The highest BCUT2D eigenvalue weighted by Gasteiger charge is 2.19. The van der Waals surface area contributed by atoms with Gasteiger partial charge in [0.15, 0.2) is 12.0 Å². The van der Waals surface area contributed by atoms with Crippen LogP contribution in [0, 0.1) is 5.92 Å². The van der Waals surface area contributed by atoms with E-state index in [-0.39, 0.29) is 12.3 Å². The predicted octanol–water partition coefficient (Wildman–Crippen LogP) is 1.90. The number of hydrogen-bond acceptors (Lipinski definition) is 4. The van der Waals surface area contributed by atoms with Crippen molar-refractivity contribution in [1.29, 1.82) is 0 Å². The standard InChI is InChI=1S/C13H14N2O4/c1-8(13(17)18)5-12(16)15(2)9-3-4-10-11(6-9)19-7-14-10/h3-4,6-8H,5H2,1-2H3,(H,17,18). The lowest BCUT2D eigenvalue weighted by atomic mass is 10.1. The van der Waals surface area contributed by atoms with Gasteiger partial charge >= 0.3 is 5.97 Å². The summed E-state index contributed by atoms with van der Waals surface area (Å²) in [5.41, 5.74) is 1.94. The van der Waals surface area contributed by atoms with Crippen molar-refractivity contribution in [3.63, 3.8) is 0 Å². The Balaban J connectivity index is 2.16. The van der Waals surface area contributed by atoms with E-state index < -0.39 is 11.9 Å². The van der Waals surface area contributed by atoms with Gasteiger partial charge < -0.3 is 14.4 Å². The van der Waals surface area contributed by atoms with Crippen LogP contribution in [0.4, 0.5) is 5.69 Å². The van der Waals surface area contributed by atoms with Gasteiger partial charge in [-0.1, -0.05) is 6.92 Å². The van der Waals surface area contributed by atoms with Crippen LogP contribution >= 0.6 is 0 Å². The number of amides is 1. The molecule has 0 aliphatic rings. The number of fused-ring (bicyclic) bond motifs is 1. The molecule has 1 amide bonds. The average molecular weight is 262 g/mol. The molecule has 6 nitrogen and oxygen atoms in total. The van der Waals surface area contributed by atoms with Gasteiger partial charge in [0.2, 0.25) is 5.91 Å². The zero-order valence-electron chi connectivity index (χ0n) is 10.7. The van der Waals surface area contributed by atoms with Crippen LogP contribution in [-0.2, 0) is 9.59 Å². The van der Waals surface area contributed by atoms with Gasteiger partial charge in [-0.15, -0.1) is 0 Å². The van der Waals surface area contributed by atoms with Crippen molar-refractivity contribution < 1.29 is 19.1 Å². The second-order valence-corrected chi connectivity index (χ2v) is 4.40. The second-order valence-electron chi connectivity index (χ2n) is 4.40. The highest BCUT2D eigenvalue weighted by Crippen LogP contribution is 2.21. The molecule has 0 spiro atoms. The summed E-state index contributed by atoms with van der Waals surface area (Å²) in [4.78, 5) is 28.1. The Morgan fingerprint density at radius 1 is 1.47 bits per heavy atom. The van der Waals surface area contributed by atoms with Crippen LogP contribution in [0.25, 0.3) is 11.1 Å². The Kier molecular flexibility index (Phi) is 3.50. The summed E-state index contributed by atoms with van der Waals surface area (Å²) < 4.78 is 5.16. The van der Waals surface area contributed by atoms with Gasteiger partial charge in [0, 0.05) is 25.2 Å². The first kappa shape index (κ1) is 13.1. The molecule has 0 saturated carbocycles. The third-order valence-electron chi connectivity index (χ3n) is 2.98. The number of benzene rings is 1. The van der Waals surface area contributed by atoms with Gasteiger partial charge in [-0.2, -0.15) is 0 Å². The van der Waals surface area contributed by atoms with E-state index in [0.717, 1.165) is 0 Å². The van der Waals surface area contributed by atoms with E-state index in [2.05, 4.69) is 4.98 Å². The summed E-state index contributed by atoms with van der Waals surface area (Å²) in [5, 5.41) is 8.80. The second kappa shape index (κ2) is 5.09. The number of carboxylic acids is 1. The lowest BCUT2D eigenvalue weighted by Crippen LogP contribution is -2.29. The predicted molar refractivity (Wildman–Crippen MR) is 68.8 cm³/mol. The van der Waals surface area contributed by atoms with Crippen LogP contribution in [-0.4, -0.2) is 29.0 Å². The number of anilines is 1. The number of carboxylic acid groups (broad SMARTS) is 1. The molecule has 0 aliphatic carbocycles. The van der Waals surface area contributed by atoms with Gasteiger partial charge in [0.1, 0.15) is 5.52 Å². The average Bonchev–Trinajstić information content (AvgIpc) is 2.84. The molecule has 100 valence electrons. The quantitative estimate of drug-likeness (QED) is 0.909. The lowest BCUT2D eigenvalue weighted by molar-refractivity contribution is -0.143. The molecule has 1 unspecified atom stereocenters. The summed E-state index contributed by atoms with van der Waals surface area (Å²) in [6.45, 7) is 1.51. The maximum atomic E-state index is 11.9. The molecule has 0 saturated heterocycles. The Labute approximate surface area is 109 Å². The fourth-order valence-electron chi connectivity index (χ4n) is 1.68. The van der Waals surface area contributed by atoms with Crippen LogP contribution in [0.5, 0.6) is 0 Å². The van der Waals surface area contributed by atoms with Crippen LogP contribution in [0.15, 0.2) is 29.0 Å². The van der Waals surface area contributed by atoms with Crippen LogP contribution in [0.2, 0.25) is 0 Å². The molecule has 2 rings (SSSR count). The molecule has 0 aliphatic heterocycles. The highest BCUT2D eigenvalue weighted by molar-refractivity contribution is 5.96. The molecule has 0 bridgehead atoms. The fraction of sp³-hybridized carbons (Fsp3) is 0.308. The van der Waals surface area contributed by atoms with Gasteiger partial charge in [0.25, 0.3) is 0 Å². The minimum Gasteiger partial charge on any atom is -0.481 e. The summed E-state index contributed by atoms with van der Waals surface area (Å²) in [6.07, 6.45) is 1.29. The molecule has 1 heterocycles. The van der Waals surface area contributed by atoms with Crippen molar-refractivity contribution in [2.75, 3.05) is 11.9 Å². The first-order valence-electron chi connectivity index (χ1n) is 5.81. The number of carbonyl (C=O) groups excluding carboxylic acids is 1. The molecule has 1 aromatic carbocycles. The Bertz CT molecular complexity index is 620. The number of oxazole rings is 1. The van der Waals surface area contributed by atoms with Gasteiger partial charge in [0.05, 0.1) is 5.92 Å². The summed E-state index contributed by atoms with van der Waals surface area (Å²) >= 11 is 0. The third kappa shape index (κ3) is 2.73. The molecule has 1 aromatic heterocycles. The maximum Gasteiger partial charge on any atom is 0.306 e. The topological polar surface area (TPSA) is 83.6 Å². The smallest absolute Gasteiger partial charge is 0.306 e. The summed E-state index contributed by atoms with van der Waals surface area (Å²) in [6, 6.07) is 5.19. The number of aromatic nitrogens is 1. The Morgan fingerprint density at radius 3 is 2.89 bits per heavy atom. The normalized spacial score (nSPS) is 12.3. The van der Waals surface area contributed by atoms with Gasteiger partial charge in [-0.25, -0.2) is 4.98 Å². The maximum absolute atomic E-state index is 11.9. The van der Waals surface area contributed by atoms with Gasteiger partial charge in [-0.05, 0) is 12.1 Å². The van der Waals surface area contributed by atoms with E-state index in [4.69, 9.17) is 9.52 Å². The molecule has 2 aromatic rings. The van der Waals surface area contributed by atoms with E-state index in [0.29, 0.717) is 16.8 Å². The Hall–Kier alpha value is -2.37. The SMILES string of the molecule is CC(CC(=O)N(C)c1ccc2ncoc2c1)C(=O)O. The summed E-state index contributed by atoms with van der Waals surface area (Å²) in [5.74, 6) is -1.94. The van der Waals surface area contributed by atoms with Crippen molar-refractivity contribution in [3.8, 4) is 0 Å². The van der Waals surface area contributed by atoms with E-state index in [9.17, 15) is 9.59 Å². The van der Waals surface area contributed by atoms with Crippen molar-refractivity contribution in [2.45, 2.75) is 13.3 Å². The third-order valence-corrected chi connectivity index (χ3v) is 2.98. The zero-order chi connectivity index (χ0) is 14.0. The Morgan fingerprint density at radius 2 is 2.21 bits per heavy atom. The lowest BCUT2D eigenvalue weighted by Gasteiger charge is -2.18. The summed E-state index contributed by atoms with van der Waals surface area (Å²) in [7, 11) is 1.61.